The lowest BCUT2D eigenvalue weighted by Crippen LogP contribution is -2.35. The number of esters is 1. The molecule has 0 aliphatic heterocycles. The Hall–Kier alpha value is -1.54. The van der Waals surface area contributed by atoms with E-state index in [1.165, 1.54) is 41.2 Å². The molecule has 1 aromatic carbocycles. The van der Waals surface area contributed by atoms with Gasteiger partial charge in [0.05, 0.1) is 6.61 Å². The van der Waals surface area contributed by atoms with Crippen molar-refractivity contribution in [3.05, 3.63) is 34.4 Å². The molecule has 1 fully saturated rings. The summed E-state index contributed by atoms with van der Waals surface area (Å²) in [5, 5.41) is 0. The Bertz CT molecular complexity index is 672. The van der Waals surface area contributed by atoms with Crippen molar-refractivity contribution in [2.24, 2.45) is 11.8 Å². The molecule has 2 atom stereocenters. The van der Waals surface area contributed by atoms with Crippen LogP contribution in [0.3, 0.4) is 0 Å². The topological polar surface area (TPSA) is 60.4 Å². The van der Waals surface area contributed by atoms with Crippen LogP contribution in [0.1, 0.15) is 105 Å². The van der Waals surface area contributed by atoms with E-state index in [-0.39, 0.29) is 17.7 Å². The van der Waals surface area contributed by atoms with Crippen molar-refractivity contribution in [3.8, 4) is 0 Å². The number of benzene rings is 1. The van der Waals surface area contributed by atoms with E-state index in [4.69, 9.17) is 9.30 Å². The molecule has 0 radical (unpaired) electrons. The van der Waals surface area contributed by atoms with Gasteiger partial charge < -0.3 is 4.74 Å². The number of rotatable bonds is 11. The first-order chi connectivity index (χ1) is 15.0. The van der Waals surface area contributed by atoms with Crippen molar-refractivity contribution in [2.45, 2.75) is 98.3 Å². The van der Waals surface area contributed by atoms with Crippen LogP contribution in [0.25, 0.3) is 0 Å². The Labute approximate surface area is 191 Å². The highest BCUT2D eigenvalue weighted by atomic mass is 31.0. The molecule has 2 unspecified atom stereocenters. The van der Waals surface area contributed by atoms with Crippen LogP contribution in [0.2, 0.25) is 0 Å². The lowest BCUT2D eigenvalue weighted by Gasteiger charge is -2.28. The molecule has 174 valence electrons. The van der Waals surface area contributed by atoms with Gasteiger partial charge in [-0.05, 0) is 57.1 Å². The number of Topliss-reactive ketones (excluding diaryl/α,β-unsaturated/α-hetero) is 1. The second kappa shape index (κ2) is 15.3. The number of ether oxygens (including phenoxy) is 1. The lowest BCUT2D eigenvalue weighted by molar-refractivity contribution is -0.149. The molecule has 0 heterocycles. The molecule has 1 saturated carbocycles. The van der Waals surface area contributed by atoms with Crippen LogP contribution in [-0.2, 0) is 14.1 Å². The number of carbonyl (C=O) groups is 2. The molecule has 31 heavy (non-hydrogen) atoms. The zero-order valence-electron chi connectivity index (χ0n) is 20.0. The van der Waals surface area contributed by atoms with Crippen molar-refractivity contribution >= 4 is 20.9 Å². The maximum Gasteiger partial charge on any atom is 0.317 e. The Balaban J connectivity index is 0.00000233. The Morgan fingerprint density at radius 2 is 1.48 bits per heavy atom. The van der Waals surface area contributed by atoms with Gasteiger partial charge in [-0.25, -0.2) is 0 Å². The summed E-state index contributed by atoms with van der Waals surface area (Å²) in [6.07, 6.45) is 12.2. The standard InChI is InChI=1S/C26H40O3.H2OP/c1-5-6-7-8-9-13-16-29-26(28)24(22-14-11-10-12-15-22)25(27)23-20(3)17-19(2)18-21(23)4;1-2/h17-18,22,24H,5-16H2,1-4H3;2H2/q;+1. The molecule has 0 saturated heterocycles. The van der Waals surface area contributed by atoms with Gasteiger partial charge in [0.2, 0.25) is 0 Å². The highest BCUT2D eigenvalue weighted by molar-refractivity contribution is 7.00. The minimum absolute atomic E-state index is 0.0279. The smallest absolute Gasteiger partial charge is 0.317 e. The summed E-state index contributed by atoms with van der Waals surface area (Å²) in [6, 6.07) is 4.08. The van der Waals surface area contributed by atoms with E-state index >= 15 is 0 Å². The van der Waals surface area contributed by atoms with Gasteiger partial charge in [0.1, 0.15) is 5.92 Å². The predicted molar refractivity (Wildman–Crippen MR) is 130 cm³/mol. The van der Waals surface area contributed by atoms with Crippen LogP contribution >= 0.6 is 9.12 Å². The SMILES string of the molecule is CCCCCCCCOC(=O)C(C(=O)c1c(C)cc(C)cc1C)C1CCCCC1.O=[PH2+]. The van der Waals surface area contributed by atoms with E-state index in [1.807, 2.05) is 32.9 Å². The molecule has 1 aliphatic rings. The van der Waals surface area contributed by atoms with E-state index in [0.29, 0.717) is 6.61 Å². The van der Waals surface area contributed by atoms with Gasteiger partial charge in [0.25, 0.3) is 0 Å². The van der Waals surface area contributed by atoms with Gasteiger partial charge in [-0.2, -0.15) is 0 Å². The molecular formula is C26H42O4P+. The van der Waals surface area contributed by atoms with E-state index in [2.05, 4.69) is 6.92 Å². The minimum Gasteiger partial charge on any atom is -0.465 e. The molecule has 1 aromatic rings. The Morgan fingerprint density at radius 1 is 0.935 bits per heavy atom. The molecule has 0 bridgehead atoms. The maximum atomic E-state index is 13.5. The summed E-state index contributed by atoms with van der Waals surface area (Å²) in [5.41, 5.74) is 3.81. The molecule has 2 rings (SSSR count). The van der Waals surface area contributed by atoms with Crippen LogP contribution < -0.4 is 0 Å². The number of aryl methyl sites for hydroxylation is 3. The molecular weight excluding hydrogens is 407 g/mol. The summed E-state index contributed by atoms with van der Waals surface area (Å²) in [7, 11) is 1.17. The summed E-state index contributed by atoms with van der Waals surface area (Å²) in [4.78, 5) is 26.6. The van der Waals surface area contributed by atoms with Crippen molar-refractivity contribution in [1.82, 2.24) is 0 Å². The molecule has 0 spiro atoms. The molecule has 0 N–H and O–H groups in total. The molecule has 1 aliphatic carbocycles. The fourth-order valence-corrected chi connectivity index (χ4v) is 4.85. The van der Waals surface area contributed by atoms with Crippen LogP contribution in [0.4, 0.5) is 0 Å². The minimum atomic E-state index is -0.643. The van der Waals surface area contributed by atoms with Gasteiger partial charge in [-0.15, -0.1) is 0 Å². The average molecular weight is 450 g/mol. The summed E-state index contributed by atoms with van der Waals surface area (Å²) >= 11 is 0. The summed E-state index contributed by atoms with van der Waals surface area (Å²) in [6.45, 7) is 8.65. The number of carbonyl (C=O) groups excluding carboxylic acids is 2. The summed E-state index contributed by atoms with van der Waals surface area (Å²) in [5.74, 6) is -0.849. The quantitative estimate of drug-likeness (QED) is 0.119. The predicted octanol–water partition coefficient (Wildman–Crippen LogP) is 7.10. The fraction of sp³-hybridized carbons (Fsp3) is 0.692. The highest BCUT2D eigenvalue weighted by Crippen LogP contribution is 2.34. The number of hydrogen-bond acceptors (Lipinski definition) is 4. The lowest BCUT2D eigenvalue weighted by atomic mass is 9.75. The second-order valence-electron chi connectivity index (χ2n) is 8.95. The third kappa shape index (κ3) is 8.85. The largest absolute Gasteiger partial charge is 0.465 e. The van der Waals surface area contributed by atoms with Gasteiger partial charge in [-0.3, -0.25) is 9.59 Å². The monoisotopic (exact) mass is 449 g/mol. The van der Waals surface area contributed by atoms with Crippen LogP contribution in [0.5, 0.6) is 0 Å². The molecule has 4 nitrogen and oxygen atoms in total. The average Bonchev–Trinajstić information content (AvgIpc) is 2.75. The normalized spacial score (nSPS) is 15.0. The van der Waals surface area contributed by atoms with E-state index in [1.54, 1.807) is 0 Å². The molecule has 0 amide bonds. The number of hydrogen-bond donors (Lipinski definition) is 0. The number of ketones is 1. The Morgan fingerprint density at radius 3 is 2.06 bits per heavy atom. The van der Waals surface area contributed by atoms with Crippen molar-refractivity contribution in [2.75, 3.05) is 6.61 Å². The highest BCUT2D eigenvalue weighted by Gasteiger charge is 2.38. The van der Waals surface area contributed by atoms with Crippen molar-refractivity contribution in [1.29, 1.82) is 0 Å². The van der Waals surface area contributed by atoms with Crippen molar-refractivity contribution in [3.63, 3.8) is 0 Å². The van der Waals surface area contributed by atoms with E-state index in [9.17, 15) is 9.59 Å². The van der Waals surface area contributed by atoms with E-state index in [0.717, 1.165) is 60.8 Å². The first-order valence-corrected chi connectivity index (χ1v) is 12.4. The fourth-order valence-electron chi connectivity index (χ4n) is 4.85. The zero-order chi connectivity index (χ0) is 23.2. The number of unbranched alkanes of at least 4 members (excludes halogenated alkanes) is 5. The Kier molecular flexibility index (Phi) is 13.6. The third-order valence-electron chi connectivity index (χ3n) is 6.32. The summed E-state index contributed by atoms with van der Waals surface area (Å²) < 4.78 is 13.8. The molecule has 0 aromatic heterocycles. The molecule has 5 heteroatoms. The first kappa shape index (κ1) is 27.5. The van der Waals surface area contributed by atoms with Gasteiger partial charge in [-0.1, -0.05) is 80.6 Å². The van der Waals surface area contributed by atoms with Gasteiger partial charge in [0.15, 0.2) is 5.78 Å². The maximum absolute atomic E-state index is 13.5. The van der Waals surface area contributed by atoms with Crippen LogP contribution in [0, 0.1) is 32.6 Å². The van der Waals surface area contributed by atoms with E-state index < -0.39 is 5.92 Å². The van der Waals surface area contributed by atoms with Gasteiger partial charge >= 0.3 is 15.1 Å². The zero-order valence-corrected chi connectivity index (χ0v) is 21.2. The van der Waals surface area contributed by atoms with Crippen LogP contribution in [0.15, 0.2) is 12.1 Å². The first-order valence-electron chi connectivity index (χ1n) is 12.0. The van der Waals surface area contributed by atoms with Crippen LogP contribution in [-0.4, -0.2) is 18.4 Å². The second-order valence-corrected chi connectivity index (χ2v) is 8.95. The third-order valence-corrected chi connectivity index (χ3v) is 6.32. The van der Waals surface area contributed by atoms with Gasteiger partial charge in [0, 0.05) is 5.56 Å². The van der Waals surface area contributed by atoms with Crippen molar-refractivity contribution < 1.29 is 18.9 Å².